The van der Waals surface area contributed by atoms with Gasteiger partial charge < -0.3 is 5.73 Å². The summed E-state index contributed by atoms with van der Waals surface area (Å²) in [4.78, 5) is 29.7. The van der Waals surface area contributed by atoms with E-state index in [0.717, 1.165) is 35.1 Å². The van der Waals surface area contributed by atoms with E-state index in [1.165, 1.54) is 18.3 Å². The van der Waals surface area contributed by atoms with E-state index in [-0.39, 0.29) is 30.4 Å². The molecule has 1 unspecified atom stereocenters. The first-order valence-corrected chi connectivity index (χ1v) is 12.5. The molecule has 0 fully saturated rings. The zero-order chi connectivity index (χ0) is 29.9. The summed E-state index contributed by atoms with van der Waals surface area (Å²) in [6.45, 7) is 1.62. The zero-order valence-electron chi connectivity index (χ0n) is 21.6. The summed E-state index contributed by atoms with van der Waals surface area (Å²) in [6.07, 6.45) is -2.43. The fourth-order valence-corrected chi connectivity index (χ4v) is 4.75. The van der Waals surface area contributed by atoms with Crippen molar-refractivity contribution in [1.82, 2.24) is 14.8 Å². The van der Waals surface area contributed by atoms with E-state index in [9.17, 15) is 35.9 Å². The molecule has 6 nitrogen and oxygen atoms in total. The SMILES string of the molecule is CCC(C(=O)C[C@@H](Cc1cc(F)cc(F)c1)c1ncccc1-c1ccc(F)c(C(N)=O)c1)n1ccc(C(F)(F)F)n1. The molecule has 0 saturated carbocycles. The number of carbonyl (C=O) groups is 2. The lowest BCUT2D eigenvalue weighted by Gasteiger charge is -2.22. The molecule has 2 aromatic carbocycles. The highest BCUT2D eigenvalue weighted by molar-refractivity contribution is 5.94. The number of amides is 1. The van der Waals surface area contributed by atoms with Crippen LogP contribution in [0.3, 0.4) is 0 Å². The second-order valence-electron chi connectivity index (χ2n) is 9.45. The number of hydrogen-bond acceptors (Lipinski definition) is 4. The standard InChI is InChI=1S/C29H24F6N4O2/c1-2-24(39-9-7-26(38-39)29(33,34)35)25(40)14-18(10-16-11-19(30)15-20(31)12-16)27-21(4-3-8-37-27)17-5-6-23(32)22(13-17)28(36)41/h3-9,11-13,15,18,24H,2,10,14H2,1H3,(H2,36,41)/t18-,24?/m1/s1. The van der Waals surface area contributed by atoms with Gasteiger partial charge >= 0.3 is 6.18 Å². The number of rotatable bonds is 10. The molecule has 12 heteroatoms. The summed E-state index contributed by atoms with van der Waals surface area (Å²) < 4.78 is 82.6. The van der Waals surface area contributed by atoms with Crippen LogP contribution in [0, 0.1) is 17.5 Å². The summed E-state index contributed by atoms with van der Waals surface area (Å²) in [5.41, 5.74) is 5.02. The summed E-state index contributed by atoms with van der Waals surface area (Å²) in [5.74, 6) is -4.82. The van der Waals surface area contributed by atoms with Crippen LogP contribution in [0.25, 0.3) is 11.1 Å². The highest BCUT2D eigenvalue weighted by atomic mass is 19.4. The van der Waals surface area contributed by atoms with Crippen LogP contribution in [0.5, 0.6) is 0 Å². The van der Waals surface area contributed by atoms with Crippen LogP contribution in [0.1, 0.15) is 59.0 Å². The molecule has 4 aromatic rings. The number of primary amides is 1. The smallest absolute Gasteiger partial charge is 0.366 e. The molecule has 0 aliphatic carbocycles. The number of hydrogen-bond donors (Lipinski definition) is 1. The predicted octanol–water partition coefficient (Wildman–Crippen LogP) is 6.42. The van der Waals surface area contributed by atoms with Crippen LogP contribution in [-0.4, -0.2) is 26.5 Å². The van der Waals surface area contributed by atoms with E-state index < -0.39 is 53.0 Å². The average molecular weight is 575 g/mol. The van der Waals surface area contributed by atoms with Crippen molar-refractivity contribution in [3.05, 3.63) is 107 Å². The molecule has 2 N–H and O–H groups in total. The highest BCUT2D eigenvalue weighted by Gasteiger charge is 2.35. The van der Waals surface area contributed by atoms with Gasteiger partial charge in [-0.3, -0.25) is 19.3 Å². The number of ketones is 1. The normalized spacial score (nSPS) is 13.1. The van der Waals surface area contributed by atoms with Crippen LogP contribution in [-0.2, 0) is 17.4 Å². The molecule has 2 atom stereocenters. The molecule has 0 radical (unpaired) electrons. The first kappa shape index (κ1) is 29.5. The van der Waals surface area contributed by atoms with Crippen LogP contribution in [0.4, 0.5) is 26.3 Å². The Labute approximate surface area is 230 Å². The number of carbonyl (C=O) groups excluding carboxylic acids is 2. The largest absolute Gasteiger partial charge is 0.435 e. The predicted molar refractivity (Wildman–Crippen MR) is 137 cm³/mol. The fourth-order valence-electron chi connectivity index (χ4n) is 4.75. The average Bonchev–Trinajstić information content (AvgIpc) is 3.39. The minimum atomic E-state index is -4.70. The molecule has 41 heavy (non-hydrogen) atoms. The Hall–Kier alpha value is -4.48. The van der Waals surface area contributed by atoms with Gasteiger partial charge in [0.2, 0.25) is 0 Å². The minimum absolute atomic E-state index is 0.0718. The van der Waals surface area contributed by atoms with Crippen LogP contribution >= 0.6 is 0 Å². The summed E-state index contributed by atoms with van der Waals surface area (Å²) >= 11 is 0. The van der Waals surface area contributed by atoms with Crippen molar-refractivity contribution in [3.63, 3.8) is 0 Å². The van der Waals surface area contributed by atoms with Crippen molar-refractivity contribution >= 4 is 11.7 Å². The maximum Gasteiger partial charge on any atom is 0.435 e. The molecule has 0 saturated heterocycles. The third-order valence-corrected chi connectivity index (χ3v) is 6.60. The lowest BCUT2D eigenvalue weighted by molar-refractivity contribution is -0.142. The van der Waals surface area contributed by atoms with Gasteiger partial charge in [-0.1, -0.05) is 19.1 Å². The molecule has 0 aliphatic heterocycles. The van der Waals surface area contributed by atoms with Crippen molar-refractivity contribution in [3.8, 4) is 11.1 Å². The van der Waals surface area contributed by atoms with Gasteiger partial charge in [0.05, 0.1) is 11.3 Å². The van der Waals surface area contributed by atoms with Crippen LogP contribution in [0.15, 0.2) is 67.0 Å². The second kappa shape index (κ2) is 11.9. The molecule has 214 valence electrons. The number of nitrogens with two attached hydrogens (primary N) is 1. The van der Waals surface area contributed by atoms with Gasteiger partial charge in [-0.25, -0.2) is 13.2 Å². The number of benzene rings is 2. The zero-order valence-corrected chi connectivity index (χ0v) is 21.6. The van der Waals surface area contributed by atoms with E-state index in [2.05, 4.69) is 10.1 Å². The molecule has 1 amide bonds. The van der Waals surface area contributed by atoms with Crippen molar-refractivity contribution < 1.29 is 35.9 Å². The van der Waals surface area contributed by atoms with E-state index in [1.807, 2.05) is 0 Å². The van der Waals surface area contributed by atoms with E-state index in [4.69, 9.17) is 5.73 Å². The fraction of sp³-hybridized carbons (Fsp3) is 0.241. The van der Waals surface area contributed by atoms with Crippen molar-refractivity contribution in [2.45, 2.75) is 44.3 Å². The first-order valence-electron chi connectivity index (χ1n) is 12.5. The molecular formula is C29H24F6N4O2. The van der Waals surface area contributed by atoms with Crippen LogP contribution in [0.2, 0.25) is 0 Å². The molecule has 2 heterocycles. The number of nitrogens with zero attached hydrogens (tertiary/aromatic N) is 3. The lowest BCUT2D eigenvalue weighted by Crippen LogP contribution is -2.23. The van der Waals surface area contributed by atoms with Gasteiger partial charge in [-0.05, 0) is 60.4 Å². The number of halogens is 6. The summed E-state index contributed by atoms with van der Waals surface area (Å²) in [7, 11) is 0. The van der Waals surface area contributed by atoms with Gasteiger partial charge in [0.15, 0.2) is 11.5 Å². The van der Waals surface area contributed by atoms with E-state index in [1.54, 1.807) is 19.1 Å². The Morgan fingerprint density at radius 3 is 2.32 bits per heavy atom. The monoisotopic (exact) mass is 574 g/mol. The van der Waals surface area contributed by atoms with Gasteiger partial charge in [-0.15, -0.1) is 0 Å². The van der Waals surface area contributed by atoms with Gasteiger partial charge in [0.1, 0.15) is 23.5 Å². The maximum absolute atomic E-state index is 14.2. The Morgan fingerprint density at radius 1 is 1.00 bits per heavy atom. The number of aromatic nitrogens is 3. The second-order valence-corrected chi connectivity index (χ2v) is 9.45. The Kier molecular flexibility index (Phi) is 8.60. The number of pyridine rings is 1. The number of alkyl halides is 3. The first-order chi connectivity index (χ1) is 19.4. The topological polar surface area (TPSA) is 90.9 Å². The molecule has 0 bridgehead atoms. The third kappa shape index (κ3) is 6.82. The summed E-state index contributed by atoms with van der Waals surface area (Å²) in [6, 6.07) is 9.48. The quantitative estimate of drug-likeness (QED) is 0.222. The molecule has 2 aromatic heterocycles. The minimum Gasteiger partial charge on any atom is -0.366 e. The van der Waals surface area contributed by atoms with Gasteiger partial charge in [-0.2, -0.15) is 18.3 Å². The molecule has 0 aliphatic rings. The number of Topliss-reactive ketones (excluding diaryl/α,β-unsaturated/α-hetero) is 1. The molecule has 4 rings (SSSR count). The van der Waals surface area contributed by atoms with Crippen molar-refractivity contribution in [1.29, 1.82) is 0 Å². The maximum atomic E-state index is 14.2. The lowest BCUT2D eigenvalue weighted by atomic mass is 9.85. The van der Waals surface area contributed by atoms with Crippen molar-refractivity contribution in [2.75, 3.05) is 0 Å². The Bertz CT molecular complexity index is 1560. The Morgan fingerprint density at radius 2 is 1.71 bits per heavy atom. The molecular weight excluding hydrogens is 550 g/mol. The third-order valence-electron chi connectivity index (χ3n) is 6.60. The van der Waals surface area contributed by atoms with Crippen LogP contribution < -0.4 is 5.73 Å². The van der Waals surface area contributed by atoms with Gasteiger partial charge in [0.25, 0.3) is 5.91 Å². The Balaban J connectivity index is 1.77. The van der Waals surface area contributed by atoms with Gasteiger partial charge in [0, 0.05) is 36.4 Å². The van der Waals surface area contributed by atoms with Crippen molar-refractivity contribution in [2.24, 2.45) is 5.73 Å². The molecule has 0 spiro atoms. The summed E-state index contributed by atoms with van der Waals surface area (Å²) in [5, 5.41) is 3.54. The van der Waals surface area contributed by atoms with E-state index >= 15 is 0 Å². The van der Waals surface area contributed by atoms with E-state index in [0.29, 0.717) is 22.9 Å². The highest BCUT2D eigenvalue weighted by Crippen LogP contribution is 2.35.